The number of hydrogen-bond acceptors (Lipinski definition) is 6. The minimum Gasteiger partial charge on any atom is -0.465 e. The number of nitrogens with zero attached hydrogens (tertiary/aromatic N) is 2. The summed E-state index contributed by atoms with van der Waals surface area (Å²) in [7, 11) is 0. The fourth-order valence-electron chi connectivity index (χ4n) is 3.38. The summed E-state index contributed by atoms with van der Waals surface area (Å²) in [5.74, 6) is -1.64. The Bertz CT molecular complexity index is 1190. The van der Waals surface area contributed by atoms with Crippen molar-refractivity contribution in [2.75, 3.05) is 24.7 Å². The topological polar surface area (TPSA) is 94.9 Å². The molecule has 8 nitrogen and oxygen atoms in total. The van der Waals surface area contributed by atoms with Gasteiger partial charge in [-0.15, -0.1) is 0 Å². The van der Waals surface area contributed by atoms with Crippen LogP contribution in [0.1, 0.15) is 24.2 Å². The molecule has 0 aliphatic rings. The lowest BCUT2D eigenvalue weighted by Crippen LogP contribution is -2.37. The number of rotatable bonds is 8. The summed E-state index contributed by atoms with van der Waals surface area (Å²) in [5.41, 5.74) is 0.508. The molecule has 0 spiro atoms. The highest BCUT2D eigenvalue weighted by molar-refractivity contribution is 6.15. The van der Waals surface area contributed by atoms with E-state index in [0.29, 0.717) is 16.6 Å². The zero-order chi connectivity index (χ0) is 23.1. The SMILES string of the molecule is CCOC(=O)CN(C(=O)c1cc(=O)n(CC(=O)OCC)c2ccccc12)c1ccccc1. The minimum absolute atomic E-state index is 0.124. The van der Waals surface area contributed by atoms with E-state index in [4.69, 9.17) is 9.47 Å². The number of benzene rings is 2. The van der Waals surface area contributed by atoms with Gasteiger partial charge >= 0.3 is 11.9 Å². The molecule has 2 aromatic carbocycles. The molecule has 0 atom stereocenters. The molecule has 0 radical (unpaired) electrons. The predicted molar refractivity (Wildman–Crippen MR) is 120 cm³/mol. The van der Waals surface area contributed by atoms with E-state index >= 15 is 0 Å². The predicted octanol–water partition coefficient (Wildman–Crippen LogP) is 2.77. The van der Waals surface area contributed by atoms with Gasteiger partial charge in [0.1, 0.15) is 13.1 Å². The van der Waals surface area contributed by atoms with Gasteiger partial charge in [-0.1, -0.05) is 36.4 Å². The monoisotopic (exact) mass is 436 g/mol. The fraction of sp³-hybridized carbons (Fsp3) is 0.250. The molecule has 166 valence electrons. The number of esters is 2. The van der Waals surface area contributed by atoms with Gasteiger partial charge in [0.15, 0.2) is 0 Å². The van der Waals surface area contributed by atoms with Gasteiger partial charge in [0.05, 0.1) is 24.3 Å². The maximum Gasteiger partial charge on any atom is 0.326 e. The number of para-hydroxylation sites is 2. The van der Waals surface area contributed by atoms with Crippen molar-refractivity contribution in [3.05, 3.63) is 76.6 Å². The number of ether oxygens (including phenoxy) is 2. The first-order valence-electron chi connectivity index (χ1n) is 10.3. The zero-order valence-electron chi connectivity index (χ0n) is 17.9. The second-order valence-corrected chi connectivity index (χ2v) is 6.84. The highest BCUT2D eigenvalue weighted by atomic mass is 16.5. The van der Waals surface area contributed by atoms with Gasteiger partial charge in [0.25, 0.3) is 11.5 Å². The average molecular weight is 436 g/mol. The number of fused-ring (bicyclic) bond motifs is 1. The van der Waals surface area contributed by atoms with Gasteiger partial charge in [-0.05, 0) is 32.0 Å². The summed E-state index contributed by atoms with van der Waals surface area (Å²) in [6.07, 6.45) is 0. The normalized spacial score (nSPS) is 10.6. The maximum atomic E-state index is 13.6. The Hall–Kier alpha value is -3.94. The molecule has 0 unspecified atom stereocenters. The van der Waals surface area contributed by atoms with Crippen molar-refractivity contribution < 1.29 is 23.9 Å². The van der Waals surface area contributed by atoms with Crippen molar-refractivity contribution in [1.29, 1.82) is 0 Å². The molecule has 3 rings (SSSR count). The van der Waals surface area contributed by atoms with Crippen LogP contribution < -0.4 is 10.5 Å². The molecule has 0 saturated carbocycles. The second-order valence-electron chi connectivity index (χ2n) is 6.84. The van der Waals surface area contributed by atoms with E-state index in [1.54, 1.807) is 68.4 Å². The summed E-state index contributed by atoms with van der Waals surface area (Å²) < 4.78 is 11.3. The van der Waals surface area contributed by atoms with Crippen LogP contribution >= 0.6 is 0 Å². The van der Waals surface area contributed by atoms with E-state index in [0.717, 1.165) is 0 Å². The Morgan fingerprint density at radius 3 is 2.19 bits per heavy atom. The average Bonchev–Trinajstić information content (AvgIpc) is 2.79. The van der Waals surface area contributed by atoms with Crippen LogP contribution in [0.15, 0.2) is 65.5 Å². The van der Waals surface area contributed by atoms with Crippen LogP contribution in [0, 0.1) is 0 Å². The Morgan fingerprint density at radius 2 is 1.50 bits per heavy atom. The van der Waals surface area contributed by atoms with Crippen LogP contribution in [0.4, 0.5) is 5.69 Å². The second kappa shape index (κ2) is 10.4. The van der Waals surface area contributed by atoms with E-state index in [-0.39, 0.29) is 31.9 Å². The lowest BCUT2D eigenvalue weighted by molar-refractivity contribution is -0.144. The number of carbonyl (C=O) groups excluding carboxylic acids is 3. The third-order valence-corrected chi connectivity index (χ3v) is 4.75. The number of aromatic nitrogens is 1. The van der Waals surface area contributed by atoms with E-state index < -0.39 is 23.4 Å². The summed E-state index contributed by atoms with van der Waals surface area (Å²) in [4.78, 5) is 51.9. The van der Waals surface area contributed by atoms with Crippen LogP contribution in [0.25, 0.3) is 10.9 Å². The molecule has 0 bridgehead atoms. The number of amides is 1. The zero-order valence-corrected chi connectivity index (χ0v) is 17.9. The summed E-state index contributed by atoms with van der Waals surface area (Å²) in [6.45, 7) is 3.17. The molecule has 3 aromatic rings. The first-order valence-corrected chi connectivity index (χ1v) is 10.3. The molecule has 0 saturated heterocycles. The van der Waals surface area contributed by atoms with Gasteiger partial charge in [-0.25, -0.2) is 0 Å². The lowest BCUT2D eigenvalue weighted by Gasteiger charge is -2.23. The largest absolute Gasteiger partial charge is 0.465 e. The molecule has 0 fully saturated rings. The Balaban J connectivity index is 2.10. The van der Waals surface area contributed by atoms with Gasteiger partial charge in [0.2, 0.25) is 0 Å². The summed E-state index contributed by atoms with van der Waals surface area (Å²) in [5, 5.41) is 0.478. The maximum absolute atomic E-state index is 13.6. The third kappa shape index (κ3) is 5.03. The molecule has 1 aromatic heterocycles. The van der Waals surface area contributed by atoms with Crippen LogP contribution in [0.2, 0.25) is 0 Å². The van der Waals surface area contributed by atoms with Crippen molar-refractivity contribution in [2.45, 2.75) is 20.4 Å². The molecular weight excluding hydrogens is 412 g/mol. The molecule has 0 aliphatic heterocycles. The van der Waals surface area contributed by atoms with Crippen molar-refractivity contribution in [3.63, 3.8) is 0 Å². The molecular formula is C24H24N2O6. The van der Waals surface area contributed by atoms with Gasteiger partial charge in [-0.3, -0.25) is 28.6 Å². The van der Waals surface area contributed by atoms with Crippen molar-refractivity contribution in [1.82, 2.24) is 4.57 Å². The smallest absolute Gasteiger partial charge is 0.326 e. The minimum atomic E-state index is -0.565. The Kier molecular flexibility index (Phi) is 7.38. The lowest BCUT2D eigenvalue weighted by atomic mass is 10.1. The first kappa shape index (κ1) is 22.7. The highest BCUT2D eigenvalue weighted by Gasteiger charge is 2.24. The Morgan fingerprint density at radius 1 is 0.875 bits per heavy atom. The molecule has 1 amide bonds. The molecule has 8 heteroatoms. The van der Waals surface area contributed by atoms with E-state index in [2.05, 4.69) is 0 Å². The van der Waals surface area contributed by atoms with E-state index in [9.17, 15) is 19.2 Å². The number of carbonyl (C=O) groups is 3. The van der Waals surface area contributed by atoms with Crippen molar-refractivity contribution in [2.24, 2.45) is 0 Å². The molecule has 0 N–H and O–H groups in total. The highest BCUT2D eigenvalue weighted by Crippen LogP contribution is 2.22. The van der Waals surface area contributed by atoms with E-state index in [1.165, 1.54) is 15.5 Å². The van der Waals surface area contributed by atoms with Gasteiger partial charge < -0.3 is 9.47 Å². The Labute approximate surface area is 185 Å². The number of hydrogen-bond donors (Lipinski definition) is 0. The molecule has 0 aliphatic carbocycles. The van der Waals surface area contributed by atoms with Crippen molar-refractivity contribution in [3.8, 4) is 0 Å². The van der Waals surface area contributed by atoms with Crippen molar-refractivity contribution >= 4 is 34.4 Å². The molecule has 1 heterocycles. The van der Waals surface area contributed by atoms with Crippen LogP contribution in [0.5, 0.6) is 0 Å². The van der Waals surface area contributed by atoms with Gasteiger partial charge in [-0.2, -0.15) is 0 Å². The van der Waals surface area contributed by atoms with Crippen LogP contribution in [-0.2, 0) is 25.6 Å². The standard InChI is InChI=1S/C24H24N2O6/c1-3-31-22(28)15-25(17-10-6-5-7-11-17)24(30)19-14-21(27)26(16-23(29)32-4-2)20-13-9-8-12-18(19)20/h5-14H,3-4,15-16H2,1-2H3. The van der Waals surface area contributed by atoms with Crippen LogP contribution in [0.3, 0.4) is 0 Å². The number of anilines is 1. The number of pyridine rings is 1. The molecule has 32 heavy (non-hydrogen) atoms. The fourth-order valence-corrected chi connectivity index (χ4v) is 3.38. The van der Waals surface area contributed by atoms with Crippen LogP contribution in [-0.4, -0.2) is 42.2 Å². The van der Waals surface area contributed by atoms with E-state index in [1.807, 2.05) is 0 Å². The first-order chi connectivity index (χ1) is 15.5. The summed E-state index contributed by atoms with van der Waals surface area (Å²) in [6, 6.07) is 16.7. The van der Waals surface area contributed by atoms with Gasteiger partial charge in [0, 0.05) is 17.1 Å². The summed E-state index contributed by atoms with van der Waals surface area (Å²) >= 11 is 0. The quantitative estimate of drug-likeness (QED) is 0.504. The third-order valence-electron chi connectivity index (χ3n) is 4.75.